The smallest absolute Gasteiger partial charge is 0.251 e. The zero-order valence-electron chi connectivity index (χ0n) is 11.4. The number of benzene rings is 1. The maximum Gasteiger partial charge on any atom is 0.251 e. The minimum absolute atomic E-state index is 0.0185. The highest BCUT2D eigenvalue weighted by Crippen LogP contribution is 2.17. The lowest BCUT2D eigenvalue weighted by Crippen LogP contribution is -2.26. The number of primary sulfonamides is 1. The maximum absolute atomic E-state index is 12.0. The molecule has 0 aliphatic heterocycles. The molecule has 0 aliphatic rings. The Bertz CT molecular complexity index is 745. The Morgan fingerprint density at radius 3 is 2.52 bits per heavy atom. The fraction of sp³-hybridized carbons (Fsp3) is 0.143. The molecule has 0 fully saturated rings. The Morgan fingerprint density at radius 2 is 1.90 bits per heavy atom. The summed E-state index contributed by atoms with van der Waals surface area (Å²) in [5, 5.41) is 7.88. The van der Waals surface area contributed by atoms with Crippen LogP contribution in [0, 0.1) is 0 Å². The molecule has 0 saturated heterocycles. The number of aromatic nitrogens is 1. The number of sulfonamides is 1. The minimum Gasteiger partial charge on any atom is -0.346 e. The summed E-state index contributed by atoms with van der Waals surface area (Å²) in [4.78, 5) is 15.9. The van der Waals surface area contributed by atoms with Crippen LogP contribution in [0.25, 0.3) is 0 Å². The molecule has 0 radical (unpaired) electrons. The van der Waals surface area contributed by atoms with Crippen LogP contribution in [0.3, 0.4) is 0 Å². The first kappa shape index (κ1) is 15.1. The molecule has 0 spiro atoms. The van der Waals surface area contributed by atoms with Crippen molar-refractivity contribution in [3.8, 4) is 0 Å². The highest BCUT2D eigenvalue weighted by Gasteiger charge is 2.14. The Labute approximate surface area is 123 Å². The highest BCUT2D eigenvalue weighted by molar-refractivity contribution is 7.89. The minimum atomic E-state index is -3.76. The number of nitrogens with one attached hydrogen (secondary N) is 1. The molecule has 21 heavy (non-hydrogen) atoms. The molecule has 110 valence electrons. The van der Waals surface area contributed by atoms with Gasteiger partial charge >= 0.3 is 0 Å². The summed E-state index contributed by atoms with van der Waals surface area (Å²) in [7, 11) is -3.76. The van der Waals surface area contributed by atoms with Crippen molar-refractivity contribution in [1.82, 2.24) is 10.3 Å². The molecule has 1 aromatic heterocycles. The van der Waals surface area contributed by atoms with E-state index >= 15 is 0 Å². The molecular formula is C14H15N3O3S. The number of nitrogens with two attached hydrogens (primary N) is 1. The summed E-state index contributed by atoms with van der Waals surface area (Å²) >= 11 is 0. The van der Waals surface area contributed by atoms with Gasteiger partial charge in [-0.2, -0.15) is 0 Å². The average Bonchev–Trinajstić information content (AvgIpc) is 2.47. The summed E-state index contributed by atoms with van der Waals surface area (Å²) in [6, 6.07) is 9.03. The largest absolute Gasteiger partial charge is 0.346 e. The van der Waals surface area contributed by atoms with Crippen molar-refractivity contribution in [2.75, 3.05) is 0 Å². The van der Waals surface area contributed by atoms with Crippen LogP contribution in [0.1, 0.15) is 28.9 Å². The molecule has 1 atom stereocenters. The van der Waals surface area contributed by atoms with Crippen LogP contribution in [0.15, 0.2) is 53.7 Å². The number of rotatable bonds is 4. The van der Waals surface area contributed by atoms with E-state index in [9.17, 15) is 13.2 Å². The lowest BCUT2D eigenvalue weighted by Gasteiger charge is -2.15. The zero-order chi connectivity index (χ0) is 15.5. The van der Waals surface area contributed by atoms with Gasteiger partial charge in [0.25, 0.3) is 5.91 Å². The monoisotopic (exact) mass is 305 g/mol. The number of nitrogens with zero attached hydrogens (tertiary/aromatic N) is 1. The van der Waals surface area contributed by atoms with E-state index in [0.717, 1.165) is 0 Å². The average molecular weight is 305 g/mol. The first-order valence-electron chi connectivity index (χ1n) is 6.21. The van der Waals surface area contributed by atoms with Crippen molar-refractivity contribution < 1.29 is 13.2 Å². The number of carbonyl (C=O) groups excluding carboxylic acids is 1. The van der Waals surface area contributed by atoms with E-state index in [-0.39, 0.29) is 16.8 Å². The van der Waals surface area contributed by atoms with E-state index in [1.807, 2.05) is 0 Å². The first-order chi connectivity index (χ1) is 9.88. The van der Waals surface area contributed by atoms with Gasteiger partial charge in [0, 0.05) is 18.0 Å². The van der Waals surface area contributed by atoms with Crippen molar-refractivity contribution in [3.63, 3.8) is 0 Å². The second-order valence-corrected chi connectivity index (χ2v) is 6.11. The summed E-state index contributed by atoms with van der Waals surface area (Å²) in [6.07, 6.45) is 3.06. The molecule has 0 aliphatic carbocycles. The van der Waals surface area contributed by atoms with Gasteiger partial charge in [0.1, 0.15) is 0 Å². The molecule has 0 bridgehead atoms. The van der Waals surface area contributed by atoms with Gasteiger partial charge in [-0.05, 0) is 36.8 Å². The second-order valence-electron chi connectivity index (χ2n) is 4.55. The van der Waals surface area contributed by atoms with Crippen LogP contribution >= 0.6 is 0 Å². The van der Waals surface area contributed by atoms with Crippen LogP contribution < -0.4 is 10.5 Å². The number of hydrogen-bond donors (Lipinski definition) is 2. The van der Waals surface area contributed by atoms with Gasteiger partial charge in [-0.25, -0.2) is 13.6 Å². The summed E-state index contributed by atoms with van der Waals surface area (Å²) < 4.78 is 22.7. The quantitative estimate of drug-likeness (QED) is 0.886. The third-order valence-corrected chi connectivity index (χ3v) is 3.89. The SMILES string of the molecule is CC(NC(=O)c1ccncc1)c1cccc(S(N)(=O)=O)c1. The number of carbonyl (C=O) groups is 1. The van der Waals surface area contributed by atoms with Gasteiger partial charge in [-0.15, -0.1) is 0 Å². The van der Waals surface area contributed by atoms with E-state index in [1.54, 1.807) is 31.2 Å². The van der Waals surface area contributed by atoms with Crippen LogP contribution in [0.5, 0.6) is 0 Å². The second kappa shape index (κ2) is 6.02. The van der Waals surface area contributed by atoms with E-state index in [2.05, 4.69) is 10.3 Å². The molecular weight excluding hydrogens is 290 g/mol. The van der Waals surface area contributed by atoms with Crippen LogP contribution in [0.2, 0.25) is 0 Å². The Hall–Kier alpha value is -2.25. The number of pyridine rings is 1. The highest BCUT2D eigenvalue weighted by atomic mass is 32.2. The number of hydrogen-bond acceptors (Lipinski definition) is 4. The Morgan fingerprint density at radius 1 is 1.24 bits per heavy atom. The summed E-state index contributed by atoms with van der Waals surface area (Å²) in [5.74, 6) is -0.258. The predicted molar refractivity (Wildman–Crippen MR) is 77.9 cm³/mol. The lowest BCUT2D eigenvalue weighted by molar-refractivity contribution is 0.0939. The van der Waals surface area contributed by atoms with Gasteiger partial charge in [-0.3, -0.25) is 9.78 Å². The van der Waals surface area contributed by atoms with Crippen molar-refractivity contribution in [2.24, 2.45) is 5.14 Å². The zero-order valence-corrected chi connectivity index (χ0v) is 12.2. The normalized spacial score (nSPS) is 12.7. The molecule has 6 nitrogen and oxygen atoms in total. The lowest BCUT2D eigenvalue weighted by atomic mass is 10.1. The molecule has 7 heteroatoms. The Kier molecular flexibility index (Phi) is 4.35. The van der Waals surface area contributed by atoms with Crippen molar-refractivity contribution >= 4 is 15.9 Å². The fourth-order valence-corrected chi connectivity index (χ4v) is 2.40. The standard InChI is InChI=1S/C14H15N3O3S/c1-10(17-14(18)11-5-7-16-8-6-11)12-3-2-4-13(9-12)21(15,19)20/h2-10H,1H3,(H,17,18)(H2,15,19,20). The predicted octanol–water partition coefficient (Wildman–Crippen LogP) is 1.22. The van der Waals surface area contributed by atoms with Crippen molar-refractivity contribution in [1.29, 1.82) is 0 Å². The topological polar surface area (TPSA) is 102 Å². The number of amides is 1. The van der Waals surface area contributed by atoms with E-state index in [0.29, 0.717) is 11.1 Å². The van der Waals surface area contributed by atoms with Crippen LogP contribution in [0.4, 0.5) is 0 Å². The fourth-order valence-electron chi connectivity index (χ4n) is 1.83. The third kappa shape index (κ3) is 3.87. The van der Waals surface area contributed by atoms with Gasteiger partial charge in [-0.1, -0.05) is 12.1 Å². The molecule has 1 amide bonds. The van der Waals surface area contributed by atoms with E-state index < -0.39 is 10.0 Å². The van der Waals surface area contributed by atoms with E-state index in [1.165, 1.54) is 24.5 Å². The van der Waals surface area contributed by atoms with Crippen LogP contribution in [-0.4, -0.2) is 19.3 Å². The van der Waals surface area contributed by atoms with Gasteiger partial charge in [0.05, 0.1) is 10.9 Å². The Balaban J connectivity index is 2.18. The van der Waals surface area contributed by atoms with E-state index in [4.69, 9.17) is 5.14 Å². The van der Waals surface area contributed by atoms with Gasteiger partial charge in [0.2, 0.25) is 10.0 Å². The summed E-state index contributed by atoms with van der Waals surface area (Å²) in [5.41, 5.74) is 1.14. The van der Waals surface area contributed by atoms with Crippen molar-refractivity contribution in [2.45, 2.75) is 17.9 Å². The molecule has 1 aromatic carbocycles. The summed E-state index contributed by atoms with van der Waals surface area (Å²) in [6.45, 7) is 1.77. The van der Waals surface area contributed by atoms with Crippen LogP contribution in [-0.2, 0) is 10.0 Å². The third-order valence-electron chi connectivity index (χ3n) is 2.98. The van der Waals surface area contributed by atoms with Gasteiger partial charge in [0.15, 0.2) is 0 Å². The molecule has 2 aromatic rings. The first-order valence-corrected chi connectivity index (χ1v) is 7.76. The molecule has 1 heterocycles. The maximum atomic E-state index is 12.0. The van der Waals surface area contributed by atoms with Crippen molar-refractivity contribution in [3.05, 3.63) is 59.9 Å². The molecule has 3 N–H and O–H groups in total. The molecule has 0 saturated carbocycles. The molecule has 2 rings (SSSR count). The van der Waals surface area contributed by atoms with Gasteiger partial charge < -0.3 is 5.32 Å². The molecule has 1 unspecified atom stereocenters.